The van der Waals surface area contributed by atoms with Crippen LogP contribution < -0.4 is 9.73 Å². The second kappa shape index (κ2) is 11.7. The average Bonchev–Trinajstić information content (AvgIpc) is 3.20. The van der Waals surface area contributed by atoms with E-state index in [1.54, 1.807) is 36.5 Å². The summed E-state index contributed by atoms with van der Waals surface area (Å²) in [5, 5.41) is 4.15. The Bertz CT molecular complexity index is 1590. The summed E-state index contributed by atoms with van der Waals surface area (Å²) in [4.78, 5) is 13.1. The van der Waals surface area contributed by atoms with Crippen molar-refractivity contribution in [2.24, 2.45) is 5.10 Å². The Morgan fingerprint density at radius 3 is 2.28 bits per heavy atom. The number of sulfonamides is 1. The summed E-state index contributed by atoms with van der Waals surface area (Å²) in [6.45, 7) is 9.78. The Morgan fingerprint density at radius 2 is 1.64 bits per heavy atom. The molecule has 0 unspecified atom stereocenters. The second-order valence-corrected chi connectivity index (χ2v) is 11.7. The molecule has 1 amide bonds. The lowest BCUT2D eigenvalue weighted by molar-refractivity contribution is -0.119. The zero-order valence-corrected chi connectivity index (χ0v) is 23.7. The Balaban J connectivity index is 1.55. The molecular formula is C31H34N4O3S. The minimum Gasteiger partial charge on any atom is -0.318 e. The Labute approximate surface area is 230 Å². The molecule has 4 aromatic rings. The van der Waals surface area contributed by atoms with Crippen molar-refractivity contribution in [1.82, 2.24) is 9.99 Å². The Kier molecular flexibility index (Phi) is 8.35. The fraction of sp³-hybridized carbons (Fsp3) is 0.226. The van der Waals surface area contributed by atoms with Gasteiger partial charge >= 0.3 is 0 Å². The van der Waals surface area contributed by atoms with Crippen molar-refractivity contribution in [3.63, 3.8) is 0 Å². The van der Waals surface area contributed by atoms with E-state index in [1.807, 2.05) is 44.2 Å². The lowest BCUT2D eigenvalue weighted by atomic mass is 10.0. The van der Waals surface area contributed by atoms with Gasteiger partial charge in [0, 0.05) is 22.6 Å². The molecule has 0 fully saturated rings. The summed E-state index contributed by atoms with van der Waals surface area (Å²) in [5.41, 5.74) is 9.08. The largest absolute Gasteiger partial charge is 0.318 e. The van der Waals surface area contributed by atoms with E-state index >= 15 is 0 Å². The molecule has 7 nitrogen and oxygen atoms in total. The van der Waals surface area contributed by atoms with Crippen LogP contribution in [0.2, 0.25) is 0 Å². The van der Waals surface area contributed by atoms with Crippen LogP contribution in [0.5, 0.6) is 0 Å². The molecule has 0 spiro atoms. The van der Waals surface area contributed by atoms with Gasteiger partial charge < -0.3 is 4.57 Å². The number of hydrazone groups is 1. The number of carbonyl (C=O) groups excluding carboxylic acids is 1. The first-order chi connectivity index (χ1) is 18.6. The first-order valence-corrected chi connectivity index (χ1v) is 14.3. The predicted molar refractivity (Wildman–Crippen MR) is 157 cm³/mol. The highest BCUT2D eigenvalue weighted by atomic mass is 32.2. The highest BCUT2D eigenvalue weighted by Crippen LogP contribution is 2.26. The van der Waals surface area contributed by atoms with E-state index in [9.17, 15) is 13.2 Å². The SMILES string of the molecule is Cc1cccc(-n2c(C)cc(/C=N\NC(=O)CN(c3ccc(C(C)C)cc3)S(=O)(=O)c3ccccc3)c2C)c1. The van der Waals surface area contributed by atoms with E-state index in [0.717, 1.165) is 38.1 Å². The van der Waals surface area contributed by atoms with Crippen LogP contribution in [0.3, 0.4) is 0 Å². The van der Waals surface area contributed by atoms with E-state index < -0.39 is 22.5 Å². The molecule has 0 aliphatic rings. The van der Waals surface area contributed by atoms with Crippen molar-refractivity contribution in [1.29, 1.82) is 0 Å². The maximum Gasteiger partial charge on any atom is 0.264 e. The van der Waals surface area contributed by atoms with Crippen LogP contribution in [-0.4, -0.2) is 31.7 Å². The van der Waals surface area contributed by atoms with Crippen LogP contribution in [0, 0.1) is 20.8 Å². The van der Waals surface area contributed by atoms with E-state index in [1.165, 1.54) is 12.1 Å². The van der Waals surface area contributed by atoms with Gasteiger partial charge in [-0.15, -0.1) is 0 Å². The van der Waals surface area contributed by atoms with Crippen LogP contribution in [0.4, 0.5) is 5.69 Å². The van der Waals surface area contributed by atoms with E-state index in [4.69, 9.17) is 0 Å². The predicted octanol–water partition coefficient (Wildman–Crippen LogP) is 5.87. The zero-order chi connectivity index (χ0) is 28.2. The molecule has 8 heteroatoms. The van der Waals surface area contributed by atoms with Crippen LogP contribution in [0.15, 0.2) is 94.9 Å². The maximum absolute atomic E-state index is 13.5. The smallest absolute Gasteiger partial charge is 0.264 e. The number of benzene rings is 3. The molecular weight excluding hydrogens is 508 g/mol. The summed E-state index contributed by atoms with van der Waals surface area (Å²) < 4.78 is 30.3. The van der Waals surface area contributed by atoms with Crippen molar-refractivity contribution < 1.29 is 13.2 Å². The van der Waals surface area contributed by atoms with Gasteiger partial charge in [-0.25, -0.2) is 13.8 Å². The Hall–Kier alpha value is -4.17. The third kappa shape index (κ3) is 6.29. The molecule has 0 saturated carbocycles. The number of carbonyl (C=O) groups is 1. The topological polar surface area (TPSA) is 83.8 Å². The minimum atomic E-state index is -3.99. The lowest BCUT2D eigenvalue weighted by Crippen LogP contribution is -2.39. The third-order valence-corrected chi connectivity index (χ3v) is 8.38. The number of nitrogens with one attached hydrogen (secondary N) is 1. The molecule has 0 aliphatic heterocycles. The fourth-order valence-electron chi connectivity index (χ4n) is 4.48. The van der Waals surface area contributed by atoms with Gasteiger partial charge in [0.1, 0.15) is 6.54 Å². The normalized spacial score (nSPS) is 11.7. The van der Waals surface area contributed by atoms with Crippen molar-refractivity contribution in [3.8, 4) is 5.69 Å². The summed E-state index contributed by atoms with van der Waals surface area (Å²) >= 11 is 0. The summed E-state index contributed by atoms with van der Waals surface area (Å²) in [7, 11) is -3.99. The number of amides is 1. The summed E-state index contributed by atoms with van der Waals surface area (Å²) in [6, 6.07) is 25.5. The van der Waals surface area contributed by atoms with Gasteiger partial charge in [0.05, 0.1) is 16.8 Å². The van der Waals surface area contributed by atoms with Crippen molar-refractivity contribution >= 4 is 27.8 Å². The number of hydrogen-bond acceptors (Lipinski definition) is 4. The second-order valence-electron chi connectivity index (χ2n) is 9.87. The van der Waals surface area contributed by atoms with Crippen LogP contribution >= 0.6 is 0 Å². The zero-order valence-electron chi connectivity index (χ0n) is 22.9. The number of aryl methyl sites for hydroxylation is 2. The molecule has 0 atom stereocenters. The Morgan fingerprint density at radius 1 is 0.949 bits per heavy atom. The first kappa shape index (κ1) is 27.9. The number of rotatable bonds is 9. The standard InChI is InChI=1S/C31H34N4O3S/c1-22(2)26-14-16-28(17-15-26)34(39(37,38)30-12-7-6-8-13-30)21-31(36)33-32-20-27-19-24(4)35(25(27)5)29-11-9-10-23(3)18-29/h6-20,22H,21H2,1-5H3,(H,33,36)/b32-20-. The van der Waals surface area contributed by atoms with E-state index in [0.29, 0.717) is 11.6 Å². The molecule has 1 aromatic heterocycles. The van der Waals surface area contributed by atoms with Crippen LogP contribution in [0.25, 0.3) is 5.69 Å². The van der Waals surface area contributed by atoms with Gasteiger partial charge in [0.15, 0.2) is 0 Å². The molecule has 0 bridgehead atoms. The molecule has 202 valence electrons. The number of anilines is 1. The molecule has 4 rings (SSSR count). The van der Waals surface area contributed by atoms with Gasteiger partial charge in [-0.1, -0.05) is 56.3 Å². The highest BCUT2D eigenvalue weighted by molar-refractivity contribution is 7.92. The van der Waals surface area contributed by atoms with E-state index in [-0.39, 0.29) is 4.90 Å². The average molecular weight is 543 g/mol. The van der Waals surface area contributed by atoms with Crippen molar-refractivity contribution in [2.75, 3.05) is 10.8 Å². The molecule has 39 heavy (non-hydrogen) atoms. The first-order valence-electron chi connectivity index (χ1n) is 12.8. The quantitative estimate of drug-likeness (QED) is 0.212. The third-order valence-electron chi connectivity index (χ3n) is 6.59. The van der Waals surface area contributed by atoms with Crippen molar-refractivity contribution in [3.05, 3.63) is 113 Å². The van der Waals surface area contributed by atoms with Crippen LogP contribution in [0.1, 0.15) is 47.8 Å². The lowest BCUT2D eigenvalue weighted by Gasteiger charge is -2.24. The highest BCUT2D eigenvalue weighted by Gasteiger charge is 2.27. The molecule has 3 aromatic carbocycles. The minimum absolute atomic E-state index is 0.109. The van der Waals surface area contributed by atoms with Crippen LogP contribution in [-0.2, 0) is 14.8 Å². The van der Waals surface area contributed by atoms with Crippen molar-refractivity contribution in [2.45, 2.75) is 45.4 Å². The molecule has 0 radical (unpaired) electrons. The summed E-state index contributed by atoms with van der Waals surface area (Å²) in [5.74, 6) is -0.255. The molecule has 1 heterocycles. The maximum atomic E-state index is 13.5. The monoisotopic (exact) mass is 542 g/mol. The summed E-state index contributed by atoms with van der Waals surface area (Å²) in [6.07, 6.45) is 1.58. The fourth-order valence-corrected chi connectivity index (χ4v) is 5.92. The van der Waals surface area contributed by atoms with E-state index in [2.05, 4.69) is 48.0 Å². The molecule has 0 aliphatic carbocycles. The number of aromatic nitrogens is 1. The molecule has 0 saturated heterocycles. The van der Waals surface area contributed by atoms with Gasteiger partial charge in [0.2, 0.25) is 0 Å². The molecule has 1 N–H and O–H groups in total. The van der Waals surface area contributed by atoms with Gasteiger partial charge in [-0.05, 0) is 80.3 Å². The van der Waals surface area contributed by atoms with Gasteiger partial charge in [-0.3, -0.25) is 9.10 Å². The van der Waals surface area contributed by atoms with Gasteiger partial charge in [-0.2, -0.15) is 5.10 Å². The van der Waals surface area contributed by atoms with Gasteiger partial charge in [0.25, 0.3) is 15.9 Å². The number of nitrogens with zero attached hydrogens (tertiary/aromatic N) is 3. The number of hydrogen-bond donors (Lipinski definition) is 1.